The molecular formula is C13H18O3. The van der Waals surface area contributed by atoms with E-state index in [1.54, 1.807) is 21.0 Å². The summed E-state index contributed by atoms with van der Waals surface area (Å²) in [6.07, 6.45) is 0. The van der Waals surface area contributed by atoms with Gasteiger partial charge < -0.3 is 9.84 Å². The molecule has 0 aromatic heterocycles. The summed E-state index contributed by atoms with van der Waals surface area (Å²) in [7, 11) is 1.57. The number of methoxy groups -OCH3 is 1. The Kier molecular flexibility index (Phi) is 3.27. The highest BCUT2D eigenvalue weighted by Crippen LogP contribution is 2.35. The lowest BCUT2D eigenvalue weighted by atomic mass is 9.82. The van der Waals surface area contributed by atoms with Gasteiger partial charge in [0.05, 0.1) is 12.5 Å². The predicted octanol–water partition coefficient (Wildman–Crippen LogP) is 2.67. The summed E-state index contributed by atoms with van der Waals surface area (Å²) in [6.45, 7) is 7.29. The zero-order valence-electron chi connectivity index (χ0n) is 10.4. The summed E-state index contributed by atoms with van der Waals surface area (Å²) in [4.78, 5) is 11.2. The van der Waals surface area contributed by atoms with Gasteiger partial charge >= 0.3 is 5.97 Å². The Hall–Kier alpha value is -1.51. The average Bonchev–Trinajstić information content (AvgIpc) is 2.21. The number of carboxylic acid groups (broad SMARTS) is 1. The van der Waals surface area contributed by atoms with Crippen molar-refractivity contribution in [2.75, 3.05) is 7.11 Å². The summed E-state index contributed by atoms with van der Waals surface area (Å²) >= 11 is 0. The molecule has 0 atom stereocenters. The highest BCUT2D eigenvalue weighted by Gasteiger charge is 2.33. The molecule has 0 aliphatic carbocycles. The molecule has 88 valence electrons. The van der Waals surface area contributed by atoms with E-state index in [9.17, 15) is 9.90 Å². The molecule has 0 radical (unpaired) electrons. The first-order valence-corrected chi connectivity index (χ1v) is 5.20. The SMILES string of the molecule is COc1c(C(C)(C)C(=O)O)ccc(C)c1C. The number of hydrogen-bond donors (Lipinski definition) is 1. The molecule has 1 N–H and O–H groups in total. The van der Waals surface area contributed by atoms with Crippen molar-refractivity contribution in [1.82, 2.24) is 0 Å². The largest absolute Gasteiger partial charge is 0.496 e. The molecule has 0 amide bonds. The summed E-state index contributed by atoms with van der Waals surface area (Å²) < 4.78 is 5.33. The van der Waals surface area contributed by atoms with Gasteiger partial charge in [-0.2, -0.15) is 0 Å². The van der Waals surface area contributed by atoms with Crippen LogP contribution in [-0.4, -0.2) is 18.2 Å². The van der Waals surface area contributed by atoms with E-state index in [1.165, 1.54) is 0 Å². The molecule has 3 nitrogen and oxygen atoms in total. The van der Waals surface area contributed by atoms with E-state index in [1.807, 2.05) is 26.0 Å². The lowest BCUT2D eigenvalue weighted by molar-refractivity contribution is -0.142. The second-order valence-electron chi connectivity index (χ2n) is 4.52. The fourth-order valence-electron chi connectivity index (χ4n) is 1.66. The van der Waals surface area contributed by atoms with Crippen LogP contribution in [0.15, 0.2) is 12.1 Å². The second kappa shape index (κ2) is 4.16. The van der Waals surface area contributed by atoms with Gasteiger partial charge in [-0.05, 0) is 38.8 Å². The van der Waals surface area contributed by atoms with Crippen LogP contribution in [0.5, 0.6) is 5.75 Å². The Morgan fingerprint density at radius 2 is 1.88 bits per heavy atom. The Bertz CT molecular complexity index is 419. The third-order valence-electron chi connectivity index (χ3n) is 3.09. The van der Waals surface area contributed by atoms with Crippen molar-refractivity contribution in [3.05, 3.63) is 28.8 Å². The van der Waals surface area contributed by atoms with Crippen LogP contribution in [0.3, 0.4) is 0 Å². The highest BCUT2D eigenvalue weighted by molar-refractivity contribution is 5.81. The maximum absolute atomic E-state index is 11.2. The van der Waals surface area contributed by atoms with Gasteiger partial charge in [-0.15, -0.1) is 0 Å². The molecule has 0 bridgehead atoms. The van der Waals surface area contributed by atoms with E-state index in [4.69, 9.17) is 4.74 Å². The minimum atomic E-state index is -0.941. The Morgan fingerprint density at radius 1 is 1.31 bits per heavy atom. The van der Waals surface area contributed by atoms with Crippen molar-refractivity contribution in [2.24, 2.45) is 0 Å². The number of benzene rings is 1. The zero-order chi connectivity index (χ0) is 12.5. The van der Waals surface area contributed by atoms with Crippen LogP contribution in [0.1, 0.15) is 30.5 Å². The second-order valence-corrected chi connectivity index (χ2v) is 4.52. The van der Waals surface area contributed by atoms with Crippen LogP contribution in [0.2, 0.25) is 0 Å². The molecule has 0 spiro atoms. The minimum Gasteiger partial charge on any atom is -0.496 e. The van der Waals surface area contributed by atoms with Gasteiger partial charge in [0.1, 0.15) is 5.75 Å². The molecule has 0 fully saturated rings. The number of aliphatic carboxylic acids is 1. The van der Waals surface area contributed by atoms with Crippen LogP contribution >= 0.6 is 0 Å². The molecule has 1 aromatic carbocycles. The topological polar surface area (TPSA) is 46.5 Å². The molecule has 0 aliphatic heterocycles. The van der Waals surface area contributed by atoms with Crippen molar-refractivity contribution in [3.63, 3.8) is 0 Å². The van der Waals surface area contributed by atoms with E-state index in [-0.39, 0.29) is 0 Å². The maximum atomic E-state index is 11.2. The first-order valence-electron chi connectivity index (χ1n) is 5.20. The first-order chi connectivity index (χ1) is 7.32. The van der Waals surface area contributed by atoms with Crippen molar-refractivity contribution in [3.8, 4) is 5.75 Å². The predicted molar refractivity (Wildman–Crippen MR) is 63.1 cm³/mol. The van der Waals surface area contributed by atoms with Crippen LogP contribution in [-0.2, 0) is 10.2 Å². The van der Waals surface area contributed by atoms with Gasteiger partial charge in [-0.25, -0.2) is 0 Å². The van der Waals surface area contributed by atoms with E-state index in [2.05, 4.69) is 0 Å². The molecule has 0 unspecified atom stereocenters. The molecule has 1 rings (SSSR count). The fourth-order valence-corrected chi connectivity index (χ4v) is 1.66. The van der Waals surface area contributed by atoms with Gasteiger partial charge in [0, 0.05) is 5.56 Å². The van der Waals surface area contributed by atoms with Crippen molar-refractivity contribution in [2.45, 2.75) is 33.1 Å². The van der Waals surface area contributed by atoms with Crippen LogP contribution in [0.4, 0.5) is 0 Å². The Morgan fingerprint density at radius 3 is 2.31 bits per heavy atom. The van der Waals surface area contributed by atoms with Gasteiger partial charge in [0.15, 0.2) is 0 Å². The molecule has 16 heavy (non-hydrogen) atoms. The third-order valence-corrected chi connectivity index (χ3v) is 3.09. The summed E-state index contributed by atoms with van der Waals surface area (Å²) in [5.74, 6) is -0.179. The molecule has 0 aliphatic rings. The number of hydrogen-bond acceptors (Lipinski definition) is 2. The van der Waals surface area contributed by atoms with E-state index >= 15 is 0 Å². The number of carboxylic acids is 1. The van der Waals surface area contributed by atoms with E-state index < -0.39 is 11.4 Å². The third kappa shape index (κ3) is 1.90. The van der Waals surface area contributed by atoms with Crippen LogP contribution in [0.25, 0.3) is 0 Å². The van der Waals surface area contributed by atoms with Crippen molar-refractivity contribution < 1.29 is 14.6 Å². The molecule has 0 saturated carbocycles. The zero-order valence-corrected chi connectivity index (χ0v) is 10.4. The quantitative estimate of drug-likeness (QED) is 0.855. The van der Waals surface area contributed by atoms with Gasteiger partial charge in [0.2, 0.25) is 0 Å². The average molecular weight is 222 g/mol. The monoisotopic (exact) mass is 222 g/mol. The molecule has 0 saturated heterocycles. The van der Waals surface area contributed by atoms with Crippen molar-refractivity contribution >= 4 is 5.97 Å². The minimum absolute atomic E-state index is 0.674. The molecule has 3 heteroatoms. The molecular weight excluding hydrogens is 204 g/mol. The summed E-state index contributed by atoms with van der Waals surface area (Å²) in [5.41, 5.74) is 1.87. The Labute approximate surface area is 96.1 Å². The van der Waals surface area contributed by atoms with Gasteiger partial charge in [-0.3, -0.25) is 4.79 Å². The van der Waals surface area contributed by atoms with Gasteiger partial charge in [0.25, 0.3) is 0 Å². The van der Waals surface area contributed by atoms with E-state index in [0.717, 1.165) is 11.1 Å². The smallest absolute Gasteiger partial charge is 0.313 e. The fraction of sp³-hybridized carbons (Fsp3) is 0.462. The number of aryl methyl sites for hydroxylation is 1. The number of rotatable bonds is 3. The van der Waals surface area contributed by atoms with Crippen LogP contribution in [0, 0.1) is 13.8 Å². The first kappa shape index (κ1) is 12.6. The normalized spacial score (nSPS) is 11.3. The van der Waals surface area contributed by atoms with Gasteiger partial charge in [-0.1, -0.05) is 12.1 Å². The standard InChI is InChI=1S/C13H18O3/c1-8-6-7-10(11(16-5)9(8)2)13(3,4)12(14)15/h6-7H,1-5H3,(H,14,15). The highest BCUT2D eigenvalue weighted by atomic mass is 16.5. The summed E-state index contributed by atoms with van der Waals surface area (Å²) in [6, 6.07) is 3.76. The lowest BCUT2D eigenvalue weighted by Crippen LogP contribution is -2.29. The van der Waals surface area contributed by atoms with E-state index in [0.29, 0.717) is 11.3 Å². The number of ether oxygens (including phenoxy) is 1. The Balaban J connectivity index is 3.46. The van der Waals surface area contributed by atoms with Crippen LogP contribution < -0.4 is 4.74 Å². The summed E-state index contributed by atoms with van der Waals surface area (Å²) in [5, 5.41) is 9.22. The molecule has 1 aromatic rings. The molecule has 0 heterocycles. The number of carbonyl (C=O) groups is 1. The maximum Gasteiger partial charge on any atom is 0.313 e. The lowest BCUT2D eigenvalue weighted by Gasteiger charge is -2.24. The van der Waals surface area contributed by atoms with Crippen molar-refractivity contribution in [1.29, 1.82) is 0 Å².